The molecule has 2 aromatic rings. The lowest BCUT2D eigenvalue weighted by Crippen LogP contribution is -2.38. The van der Waals surface area contributed by atoms with Crippen LogP contribution >= 0.6 is 0 Å². The van der Waals surface area contributed by atoms with E-state index in [0.717, 1.165) is 25.7 Å². The number of hydrogen-bond donors (Lipinski definition) is 1. The van der Waals surface area contributed by atoms with Gasteiger partial charge in [-0.2, -0.15) is 10.2 Å². The number of urea groups is 1. The van der Waals surface area contributed by atoms with Gasteiger partial charge in [-0.15, -0.1) is 0 Å². The van der Waals surface area contributed by atoms with E-state index in [0.29, 0.717) is 29.5 Å². The van der Waals surface area contributed by atoms with Gasteiger partial charge in [-0.05, 0) is 31.0 Å². The molecule has 24 heavy (non-hydrogen) atoms. The number of rotatable bonds is 2. The van der Waals surface area contributed by atoms with Crippen LogP contribution in [0, 0.1) is 18.3 Å². The summed E-state index contributed by atoms with van der Waals surface area (Å²) >= 11 is 0. The maximum absolute atomic E-state index is 12.8. The Bertz CT molecular complexity index is 764. The standard InChI is InChI=1S/C17H19N5O2/c1-12-19-16(21-24-12)15-8-3-2-4-9-22(15)17(23)20-14-7-5-6-13(10-14)11-18/h5-7,10,15H,2-4,8-9H2,1H3,(H,20,23)/t15-/m1/s1. The third kappa shape index (κ3) is 3.54. The molecule has 7 heteroatoms. The first-order valence-corrected chi connectivity index (χ1v) is 8.05. The molecule has 0 bridgehead atoms. The smallest absolute Gasteiger partial charge is 0.322 e. The van der Waals surface area contributed by atoms with Gasteiger partial charge in [0.2, 0.25) is 5.89 Å². The largest absolute Gasteiger partial charge is 0.340 e. The highest BCUT2D eigenvalue weighted by Crippen LogP contribution is 2.29. The Morgan fingerprint density at radius 1 is 1.42 bits per heavy atom. The summed E-state index contributed by atoms with van der Waals surface area (Å²) in [6.45, 7) is 2.38. The molecule has 7 nitrogen and oxygen atoms in total. The molecule has 1 aliphatic heterocycles. The van der Waals surface area contributed by atoms with Crippen molar-refractivity contribution >= 4 is 11.7 Å². The molecule has 0 radical (unpaired) electrons. The third-order valence-corrected chi connectivity index (χ3v) is 4.10. The minimum Gasteiger partial charge on any atom is -0.340 e. The zero-order chi connectivity index (χ0) is 16.9. The normalized spacial score (nSPS) is 17.8. The van der Waals surface area contributed by atoms with E-state index in [1.54, 1.807) is 36.1 Å². The fraction of sp³-hybridized carbons (Fsp3) is 0.412. The summed E-state index contributed by atoms with van der Waals surface area (Å²) < 4.78 is 5.08. The lowest BCUT2D eigenvalue weighted by molar-refractivity contribution is 0.185. The van der Waals surface area contributed by atoms with Gasteiger partial charge in [0.05, 0.1) is 17.7 Å². The predicted molar refractivity (Wildman–Crippen MR) is 87.1 cm³/mol. The molecule has 1 atom stereocenters. The highest BCUT2D eigenvalue weighted by atomic mass is 16.5. The number of anilines is 1. The Hall–Kier alpha value is -2.88. The molecular weight excluding hydrogens is 306 g/mol. The van der Waals surface area contributed by atoms with Crippen LogP contribution in [0.15, 0.2) is 28.8 Å². The molecule has 1 N–H and O–H groups in total. The van der Waals surface area contributed by atoms with Crippen molar-refractivity contribution < 1.29 is 9.32 Å². The summed E-state index contributed by atoms with van der Waals surface area (Å²) in [5.74, 6) is 1.05. The Labute approximate surface area is 140 Å². The maximum Gasteiger partial charge on any atom is 0.322 e. The van der Waals surface area contributed by atoms with Gasteiger partial charge in [0, 0.05) is 19.2 Å². The number of nitrogens with zero attached hydrogens (tertiary/aromatic N) is 4. The summed E-state index contributed by atoms with van der Waals surface area (Å²) in [6, 6.07) is 8.54. The number of aryl methyl sites for hydroxylation is 1. The topological polar surface area (TPSA) is 95.1 Å². The summed E-state index contributed by atoms with van der Waals surface area (Å²) in [6.07, 6.45) is 3.84. The number of nitrogens with one attached hydrogen (secondary N) is 1. The van der Waals surface area contributed by atoms with E-state index < -0.39 is 0 Å². The predicted octanol–water partition coefficient (Wildman–Crippen LogP) is 3.40. The molecule has 2 heterocycles. The van der Waals surface area contributed by atoms with Crippen molar-refractivity contribution in [2.24, 2.45) is 0 Å². The van der Waals surface area contributed by atoms with E-state index in [4.69, 9.17) is 9.78 Å². The lowest BCUT2D eigenvalue weighted by atomic mass is 10.1. The number of aromatic nitrogens is 2. The quantitative estimate of drug-likeness (QED) is 0.913. The fourth-order valence-corrected chi connectivity index (χ4v) is 2.93. The first-order chi connectivity index (χ1) is 11.7. The van der Waals surface area contributed by atoms with Crippen LogP contribution in [0.2, 0.25) is 0 Å². The van der Waals surface area contributed by atoms with Crippen LogP contribution in [0.5, 0.6) is 0 Å². The van der Waals surface area contributed by atoms with Crippen molar-refractivity contribution in [1.29, 1.82) is 5.26 Å². The molecule has 0 unspecified atom stereocenters. The molecule has 1 aromatic heterocycles. The second-order valence-electron chi connectivity index (χ2n) is 5.85. The number of likely N-dealkylation sites (tertiary alicyclic amines) is 1. The van der Waals surface area contributed by atoms with E-state index in [1.807, 2.05) is 0 Å². The van der Waals surface area contributed by atoms with Gasteiger partial charge in [0.25, 0.3) is 0 Å². The molecule has 0 aliphatic carbocycles. The van der Waals surface area contributed by atoms with Crippen molar-refractivity contribution in [3.63, 3.8) is 0 Å². The molecule has 0 saturated carbocycles. The van der Waals surface area contributed by atoms with Crippen LogP contribution in [-0.4, -0.2) is 27.6 Å². The van der Waals surface area contributed by atoms with Crippen molar-refractivity contribution in [2.45, 2.75) is 38.6 Å². The molecule has 1 aliphatic rings. The van der Waals surface area contributed by atoms with Gasteiger partial charge < -0.3 is 14.7 Å². The Balaban J connectivity index is 1.80. The second-order valence-corrected chi connectivity index (χ2v) is 5.85. The average molecular weight is 325 g/mol. The van der Waals surface area contributed by atoms with Gasteiger partial charge in [-0.25, -0.2) is 4.79 Å². The van der Waals surface area contributed by atoms with Crippen molar-refractivity contribution in [1.82, 2.24) is 15.0 Å². The molecular formula is C17H19N5O2. The Kier molecular flexibility index (Phi) is 4.75. The molecule has 1 saturated heterocycles. The van der Waals surface area contributed by atoms with Gasteiger partial charge in [0.15, 0.2) is 5.82 Å². The molecule has 124 valence electrons. The number of amides is 2. The first-order valence-electron chi connectivity index (χ1n) is 8.05. The summed E-state index contributed by atoms with van der Waals surface area (Å²) in [7, 11) is 0. The van der Waals surface area contributed by atoms with Gasteiger partial charge >= 0.3 is 6.03 Å². The summed E-state index contributed by atoms with van der Waals surface area (Å²) in [4.78, 5) is 18.8. The first kappa shape index (κ1) is 16.0. The van der Waals surface area contributed by atoms with Gasteiger partial charge in [0.1, 0.15) is 0 Å². The SMILES string of the molecule is Cc1nc([C@H]2CCCCCN2C(=O)Nc2cccc(C#N)c2)no1. The van der Waals surface area contributed by atoms with Crippen LogP contribution in [0.4, 0.5) is 10.5 Å². The van der Waals surface area contributed by atoms with Crippen molar-refractivity contribution in [3.05, 3.63) is 41.5 Å². The van der Waals surface area contributed by atoms with Gasteiger partial charge in [-0.3, -0.25) is 0 Å². The Morgan fingerprint density at radius 2 is 2.29 bits per heavy atom. The van der Waals surface area contributed by atoms with E-state index in [-0.39, 0.29) is 12.1 Å². The molecule has 2 amide bonds. The Morgan fingerprint density at radius 3 is 3.04 bits per heavy atom. The number of nitriles is 1. The minimum atomic E-state index is -0.209. The molecule has 1 fully saturated rings. The average Bonchev–Trinajstić information content (AvgIpc) is 2.87. The van der Waals surface area contributed by atoms with Crippen LogP contribution in [0.1, 0.15) is 49.0 Å². The monoisotopic (exact) mass is 325 g/mol. The van der Waals surface area contributed by atoms with Crippen LogP contribution in [0.3, 0.4) is 0 Å². The highest BCUT2D eigenvalue weighted by molar-refractivity contribution is 5.89. The van der Waals surface area contributed by atoms with Gasteiger partial charge in [-0.1, -0.05) is 24.1 Å². The number of hydrogen-bond acceptors (Lipinski definition) is 5. The van der Waals surface area contributed by atoms with E-state index in [9.17, 15) is 4.79 Å². The molecule has 1 aromatic carbocycles. The van der Waals surface area contributed by atoms with Crippen LogP contribution in [-0.2, 0) is 0 Å². The highest BCUT2D eigenvalue weighted by Gasteiger charge is 2.30. The van der Waals surface area contributed by atoms with E-state index >= 15 is 0 Å². The second kappa shape index (κ2) is 7.13. The minimum absolute atomic E-state index is 0.191. The number of benzene rings is 1. The summed E-state index contributed by atoms with van der Waals surface area (Å²) in [5, 5.41) is 15.8. The number of carbonyl (C=O) groups excluding carboxylic acids is 1. The third-order valence-electron chi connectivity index (χ3n) is 4.10. The van der Waals surface area contributed by atoms with Crippen molar-refractivity contribution in [2.75, 3.05) is 11.9 Å². The number of carbonyl (C=O) groups is 1. The molecule has 0 spiro atoms. The fourth-order valence-electron chi connectivity index (χ4n) is 2.93. The molecule has 3 rings (SSSR count). The van der Waals surface area contributed by atoms with E-state index in [1.165, 1.54) is 0 Å². The lowest BCUT2D eigenvalue weighted by Gasteiger charge is -2.28. The zero-order valence-corrected chi connectivity index (χ0v) is 13.5. The van der Waals surface area contributed by atoms with Crippen molar-refractivity contribution in [3.8, 4) is 6.07 Å². The maximum atomic E-state index is 12.8. The van der Waals surface area contributed by atoms with Crippen LogP contribution < -0.4 is 5.32 Å². The van der Waals surface area contributed by atoms with E-state index in [2.05, 4.69) is 21.5 Å². The zero-order valence-electron chi connectivity index (χ0n) is 13.5. The summed E-state index contributed by atoms with van der Waals surface area (Å²) in [5.41, 5.74) is 1.11. The van der Waals surface area contributed by atoms with Crippen LogP contribution in [0.25, 0.3) is 0 Å².